The first-order chi connectivity index (χ1) is 15.9. The first-order valence-electron chi connectivity index (χ1n) is 11.8. The van der Waals surface area contributed by atoms with E-state index in [0.29, 0.717) is 30.5 Å². The minimum atomic E-state index is -0.345. The Balaban J connectivity index is 1.78. The predicted octanol–water partition coefficient (Wildman–Crippen LogP) is 5.63. The van der Waals surface area contributed by atoms with Gasteiger partial charge < -0.3 is 14.8 Å². The van der Waals surface area contributed by atoms with Crippen molar-refractivity contribution in [2.45, 2.75) is 71.0 Å². The van der Waals surface area contributed by atoms with Gasteiger partial charge in [-0.25, -0.2) is 4.68 Å². The van der Waals surface area contributed by atoms with Crippen molar-refractivity contribution >= 4 is 23.5 Å². The van der Waals surface area contributed by atoms with Crippen molar-refractivity contribution in [2.24, 2.45) is 5.41 Å². The van der Waals surface area contributed by atoms with Crippen molar-refractivity contribution in [2.75, 3.05) is 24.8 Å². The minimum absolute atomic E-state index is 0.0933. The van der Waals surface area contributed by atoms with Crippen LogP contribution in [-0.4, -0.2) is 40.0 Å². The first kappa shape index (κ1) is 23.7. The Bertz CT molecular complexity index is 1060. The average molecular weight is 471 g/mol. The molecule has 1 aliphatic heterocycles. The molecule has 0 saturated carbocycles. The number of Topliss-reactive ketones (excluding diaryl/α,β-unsaturated/α-hetero) is 1. The number of nitrogens with zero attached hydrogens (tertiary/aromatic N) is 3. The molecule has 0 radical (unpaired) electrons. The van der Waals surface area contributed by atoms with E-state index in [4.69, 9.17) is 19.6 Å². The molecule has 1 aromatic heterocycles. The average Bonchev–Trinajstić information content (AvgIpc) is 3.17. The normalized spacial score (nSPS) is 19.1. The highest BCUT2D eigenvalue weighted by Crippen LogP contribution is 2.46. The maximum Gasteiger partial charge on any atom is 0.227 e. The van der Waals surface area contributed by atoms with Crippen LogP contribution in [0.4, 0.5) is 5.95 Å². The van der Waals surface area contributed by atoms with Crippen molar-refractivity contribution in [1.29, 1.82) is 0 Å². The van der Waals surface area contributed by atoms with Gasteiger partial charge in [-0.15, -0.1) is 5.10 Å². The van der Waals surface area contributed by atoms with Crippen molar-refractivity contribution in [3.8, 4) is 11.5 Å². The lowest BCUT2D eigenvalue weighted by atomic mass is 9.73. The summed E-state index contributed by atoms with van der Waals surface area (Å²) < 4.78 is 13.4. The zero-order valence-corrected chi connectivity index (χ0v) is 21.1. The van der Waals surface area contributed by atoms with E-state index in [2.05, 4.69) is 33.0 Å². The van der Waals surface area contributed by atoms with Crippen LogP contribution in [0, 0.1) is 5.41 Å². The molecule has 0 bridgehead atoms. The molecule has 7 nitrogen and oxygen atoms in total. The third-order valence-electron chi connectivity index (χ3n) is 6.01. The van der Waals surface area contributed by atoms with Gasteiger partial charge in [0.15, 0.2) is 17.3 Å². The molecule has 1 N–H and O–H groups in total. The van der Waals surface area contributed by atoms with Gasteiger partial charge in [0.1, 0.15) is 6.04 Å². The minimum Gasteiger partial charge on any atom is -0.493 e. The SMILES string of the molecule is CCCCSc1nc2n(n1)C(c1ccc(OCCC)c(OC)c1)C1=C(CC(C)(C)CC1=O)N2. The molecule has 1 atom stereocenters. The smallest absolute Gasteiger partial charge is 0.227 e. The lowest BCUT2D eigenvalue weighted by molar-refractivity contribution is -0.118. The number of aromatic nitrogens is 3. The highest BCUT2D eigenvalue weighted by atomic mass is 32.2. The molecule has 1 aliphatic carbocycles. The molecule has 33 heavy (non-hydrogen) atoms. The van der Waals surface area contributed by atoms with E-state index in [1.807, 2.05) is 22.9 Å². The van der Waals surface area contributed by atoms with Crippen molar-refractivity contribution in [3.63, 3.8) is 0 Å². The summed E-state index contributed by atoms with van der Waals surface area (Å²) >= 11 is 1.66. The fourth-order valence-corrected chi connectivity index (χ4v) is 5.36. The Kier molecular flexibility index (Phi) is 7.02. The first-order valence-corrected chi connectivity index (χ1v) is 12.8. The molecule has 0 spiro atoms. The molecule has 2 heterocycles. The second-order valence-corrected chi connectivity index (χ2v) is 10.5. The Morgan fingerprint density at radius 2 is 2.03 bits per heavy atom. The van der Waals surface area contributed by atoms with Gasteiger partial charge in [-0.05, 0) is 42.4 Å². The van der Waals surface area contributed by atoms with Gasteiger partial charge in [0.2, 0.25) is 11.1 Å². The van der Waals surface area contributed by atoms with Crippen LogP contribution < -0.4 is 14.8 Å². The third-order valence-corrected chi connectivity index (χ3v) is 6.93. The Morgan fingerprint density at radius 1 is 1.21 bits per heavy atom. The molecule has 2 aliphatic rings. The van der Waals surface area contributed by atoms with Crippen LogP contribution in [0.15, 0.2) is 34.6 Å². The van der Waals surface area contributed by atoms with Gasteiger partial charge in [-0.2, -0.15) is 4.98 Å². The molecule has 1 unspecified atom stereocenters. The van der Waals surface area contributed by atoms with E-state index in [1.54, 1.807) is 18.9 Å². The highest BCUT2D eigenvalue weighted by molar-refractivity contribution is 7.99. The number of unbranched alkanes of at least 4 members (excludes halogenated alkanes) is 1. The number of thioether (sulfide) groups is 1. The fourth-order valence-electron chi connectivity index (χ4n) is 4.45. The summed E-state index contributed by atoms with van der Waals surface area (Å²) in [7, 11) is 1.64. The second kappa shape index (κ2) is 9.79. The molecule has 2 aromatic rings. The zero-order valence-electron chi connectivity index (χ0n) is 20.2. The van der Waals surface area contributed by atoms with Crippen LogP contribution in [0.25, 0.3) is 0 Å². The summed E-state index contributed by atoms with van der Waals surface area (Å²) in [5.41, 5.74) is 2.58. The molecular weight excluding hydrogens is 436 g/mol. The lowest BCUT2D eigenvalue weighted by Gasteiger charge is -2.38. The van der Waals surface area contributed by atoms with Crippen molar-refractivity contribution in [1.82, 2.24) is 14.8 Å². The monoisotopic (exact) mass is 470 g/mol. The zero-order chi connectivity index (χ0) is 23.6. The molecule has 4 rings (SSSR count). The third kappa shape index (κ3) is 4.90. The molecule has 8 heteroatoms. The van der Waals surface area contributed by atoms with Gasteiger partial charge in [0.05, 0.1) is 13.7 Å². The lowest BCUT2D eigenvalue weighted by Crippen LogP contribution is -2.36. The van der Waals surface area contributed by atoms with E-state index < -0.39 is 0 Å². The summed E-state index contributed by atoms with van der Waals surface area (Å²) in [6.45, 7) is 9.15. The van der Waals surface area contributed by atoms with E-state index in [9.17, 15) is 4.79 Å². The number of hydrogen-bond acceptors (Lipinski definition) is 7. The number of benzene rings is 1. The van der Waals surface area contributed by atoms with E-state index in [-0.39, 0.29) is 17.2 Å². The quantitative estimate of drug-likeness (QED) is 0.376. The number of ether oxygens (including phenoxy) is 2. The molecule has 0 saturated heterocycles. The summed E-state index contributed by atoms with van der Waals surface area (Å²) in [6.07, 6.45) is 4.47. The van der Waals surface area contributed by atoms with Crippen LogP contribution in [0.2, 0.25) is 0 Å². The number of carbonyl (C=O) groups excluding carboxylic acids is 1. The van der Waals surface area contributed by atoms with Gasteiger partial charge in [0.25, 0.3) is 0 Å². The van der Waals surface area contributed by atoms with Crippen LogP contribution in [-0.2, 0) is 4.79 Å². The van der Waals surface area contributed by atoms with Gasteiger partial charge in [0, 0.05) is 23.4 Å². The number of fused-ring (bicyclic) bond motifs is 1. The van der Waals surface area contributed by atoms with Gasteiger partial charge >= 0.3 is 0 Å². The summed E-state index contributed by atoms with van der Waals surface area (Å²) in [5, 5.41) is 8.99. The molecule has 0 amide bonds. The predicted molar refractivity (Wildman–Crippen MR) is 131 cm³/mol. The van der Waals surface area contributed by atoms with E-state index >= 15 is 0 Å². The Morgan fingerprint density at radius 3 is 2.76 bits per heavy atom. The summed E-state index contributed by atoms with van der Waals surface area (Å²) in [6, 6.07) is 5.56. The van der Waals surface area contributed by atoms with Crippen molar-refractivity contribution in [3.05, 3.63) is 35.0 Å². The number of carbonyl (C=O) groups is 1. The molecule has 178 valence electrons. The number of allylic oxidation sites excluding steroid dienone is 2. The Hall–Kier alpha value is -2.48. The summed E-state index contributed by atoms with van der Waals surface area (Å²) in [4.78, 5) is 18.2. The van der Waals surface area contributed by atoms with Crippen LogP contribution in [0.5, 0.6) is 11.5 Å². The topological polar surface area (TPSA) is 78.3 Å². The summed E-state index contributed by atoms with van der Waals surface area (Å²) in [5.74, 6) is 3.18. The van der Waals surface area contributed by atoms with Crippen LogP contribution >= 0.6 is 11.8 Å². The highest BCUT2D eigenvalue weighted by Gasteiger charge is 2.42. The maximum atomic E-state index is 13.4. The number of ketones is 1. The largest absolute Gasteiger partial charge is 0.493 e. The van der Waals surface area contributed by atoms with Crippen molar-refractivity contribution < 1.29 is 14.3 Å². The number of hydrogen-bond donors (Lipinski definition) is 1. The van der Waals surface area contributed by atoms with Crippen LogP contribution in [0.1, 0.15) is 71.4 Å². The van der Waals surface area contributed by atoms with E-state index in [1.165, 1.54) is 0 Å². The number of rotatable bonds is 9. The fraction of sp³-hybridized carbons (Fsp3) is 0.560. The van der Waals surface area contributed by atoms with Crippen LogP contribution in [0.3, 0.4) is 0 Å². The molecular formula is C25H34N4O3S. The number of anilines is 1. The molecule has 1 aromatic carbocycles. The van der Waals surface area contributed by atoms with Gasteiger partial charge in [-0.1, -0.05) is 51.9 Å². The number of nitrogens with one attached hydrogen (secondary N) is 1. The van der Waals surface area contributed by atoms with E-state index in [0.717, 1.165) is 53.4 Å². The van der Waals surface area contributed by atoms with Gasteiger partial charge in [-0.3, -0.25) is 4.79 Å². The standard InChI is InChI=1S/C25H34N4O3S/c1-6-8-12-33-24-27-23-26-17-14-25(3,4)15-18(30)21(17)22(29(23)28-24)16-9-10-19(32-11-7-2)20(13-16)31-5/h9-10,13,22H,6-8,11-12,14-15H2,1-5H3,(H,26,27,28). The second-order valence-electron chi connectivity index (χ2n) is 9.48. The number of methoxy groups -OCH3 is 1. The molecule has 0 fully saturated rings. The maximum absolute atomic E-state index is 13.4. The Labute approximate surface area is 200 Å².